The average molecular weight is 288 g/mol. The number of hydrogen-bond acceptors (Lipinski definition) is 6. The molecule has 0 aliphatic carbocycles. The summed E-state index contributed by atoms with van der Waals surface area (Å²) in [7, 11) is 1.27. The lowest BCUT2D eigenvalue weighted by molar-refractivity contribution is -0.165. The maximum atomic E-state index is 12.0. The molecule has 0 amide bonds. The molecule has 0 aromatic carbocycles. The van der Waals surface area contributed by atoms with E-state index in [0.29, 0.717) is 6.42 Å². The fraction of sp³-hybridized carbons (Fsp3) is 0.786. The van der Waals surface area contributed by atoms with Gasteiger partial charge in [0, 0.05) is 6.42 Å². The number of hydrogen-bond donors (Lipinski definition) is 0. The first-order chi connectivity index (χ1) is 9.51. The van der Waals surface area contributed by atoms with E-state index in [-0.39, 0.29) is 19.6 Å². The van der Waals surface area contributed by atoms with Crippen LogP contribution in [0, 0.1) is 11.8 Å². The lowest BCUT2D eigenvalue weighted by atomic mass is 9.85. The summed E-state index contributed by atoms with van der Waals surface area (Å²) in [5.74, 6) is -3.29. The van der Waals surface area contributed by atoms with Crippen LogP contribution in [-0.4, -0.2) is 38.2 Å². The van der Waals surface area contributed by atoms with Crippen molar-refractivity contribution in [2.45, 2.75) is 40.0 Å². The summed E-state index contributed by atoms with van der Waals surface area (Å²) in [5.41, 5.74) is 0. The minimum absolute atomic E-state index is 0.00731. The second-order valence-electron chi connectivity index (χ2n) is 4.31. The Labute approximate surface area is 119 Å². The number of methoxy groups -OCH3 is 1. The third kappa shape index (κ3) is 6.04. The molecule has 1 atom stereocenters. The highest BCUT2D eigenvalue weighted by atomic mass is 16.6. The van der Waals surface area contributed by atoms with Crippen molar-refractivity contribution in [2.24, 2.45) is 11.8 Å². The van der Waals surface area contributed by atoms with Crippen molar-refractivity contribution in [3.8, 4) is 0 Å². The monoisotopic (exact) mass is 288 g/mol. The van der Waals surface area contributed by atoms with Crippen LogP contribution in [0.4, 0.5) is 0 Å². The van der Waals surface area contributed by atoms with Gasteiger partial charge in [0.15, 0.2) is 5.92 Å². The molecule has 0 saturated heterocycles. The standard InChI is InChI=1S/C14H24O6/c1-5-8-10(9-11(15)18-4)12(13(16)19-6-2)14(17)20-7-3/h10,12H,5-9H2,1-4H3/t10-/m1/s1. The topological polar surface area (TPSA) is 78.9 Å². The molecule has 6 nitrogen and oxygen atoms in total. The number of carbonyl (C=O) groups is 3. The third-order valence-corrected chi connectivity index (χ3v) is 2.87. The van der Waals surface area contributed by atoms with Gasteiger partial charge in [0.2, 0.25) is 0 Å². The molecule has 0 heterocycles. The van der Waals surface area contributed by atoms with Gasteiger partial charge in [0.25, 0.3) is 0 Å². The van der Waals surface area contributed by atoms with Crippen molar-refractivity contribution in [3.63, 3.8) is 0 Å². The number of ether oxygens (including phenoxy) is 3. The zero-order valence-electron chi connectivity index (χ0n) is 12.6. The molecule has 116 valence electrons. The van der Waals surface area contributed by atoms with Gasteiger partial charge in [-0.05, 0) is 26.2 Å². The Bertz CT molecular complexity index is 308. The van der Waals surface area contributed by atoms with Gasteiger partial charge < -0.3 is 14.2 Å². The van der Waals surface area contributed by atoms with Crippen LogP contribution in [0.15, 0.2) is 0 Å². The van der Waals surface area contributed by atoms with Gasteiger partial charge in [-0.2, -0.15) is 0 Å². The SMILES string of the molecule is CCC[C@H](CC(=O)OC)C(C(=O)OCC)C(=O)OCC. The summed E-state index contributed by atoms with van der Waals surface area (Å²) in [6, 6.07) is 0. The molecular formula is C14H24O6. The first-order valence-corrected chi connectivity index (χ1v) is 6.91. The maximum Gasteiger partial charge on any atom is 0.320 e. The van der Waals surface area contributed by atoms with Crippen molar-refractivity contribution < 1.29 is 28.6 Å². The van der Waals surface area contributed by atoms with E-state index < -0.39 is 29.7 Å². The Hall–Kier alpha value is -1.59. The minimum atomic E-state index is -1.08. The molecule has 0 aromatic rings. The Balaban J connectivity index is 5.12. The maximum absolute atomic E-state index is 12.0. The molecular weight excluding hydrogens is 264 g/mol. The van der Waals surface area contributed by atoms with Crippen LogP contribution in [0.5, 0.6) is 0 Å². The van der Waals surface area contributed by atoms with E-state index in [1.54, 1.807) is 13.8 Å². The van der Waals surface area contributed by atoms with E-state index in [0.717, 1.165) is 6.42 Å². The minimum Gasteiger partial charge on any atom is -0.469 e. The number of rotatable bonds is 9. The van der Waals surface area contributed by atoms with Gasteiger partial charge in [-0.3, -0.25) is 14.4 Å². The predicted molar refractivity (Wildman–Crippen MR) is 71.8 cm³/mol. The summed E-state index contributed by atoms with van der Waals surface area (Å²) in [4.78, 5) is 35.4. The smallest absolute Gasteiger partial charge is 0.320 e. The summed E-state index contributed by atoms with van der Waals surface area (Å²) in [5, 5.41) is 0. The average Bonchev–Trinajstić information content (AvgIpc) is 2.39. The normalized spacial score (nSPS) is 11.8. The Kier molecular flexibility index (Phi) is 9.41. The predicted octanol–water partition coefficient (Wildman–Crippen LogP) is 1.71. The van der Waals surface area contributed by atoms with Gasteiger partial charge in [-0.25, -0.2) is 0 Å². The van der Waals surface area contributed by atoms with Crippen LogP contribution in [-0.2, 0) is 28.6 Å². The van der Waals surface area contributed by atoms with E-state index in [9.17, 15) is 14.4 Å². The van der Waals surface area contributed by atoms with E-state index >= 15 is 0 Å². The second-order valence-corrected chi connectivity index (χ2v) is 4.31. The number of esters is 3. The van der Waals surface area contributed by atoms with Crippen molar-refractivity contribution in [2.75, 3.05) is 20.3 Å². The van der Waals surface area contributed by atoms with Gasteiger partial charge in [0.05, 0.1) is 20.3 Å². The van der Waals surface area contributed by atoms with Gasteiger partial charge in [-0.15, -0.1) is 0 Å². The Morgan fingerprint density at radius 2 is 1.45 bits per heavy atom. The van der Waals surface area contributed by atoms with E-state index in [2.05, 4.69) is 4.74 Å². The molecule has 0 aliphatic heterocycles. The van der Waals surface area contributed by atoms with Crippen molar-refractivity contribution in [3.05, 3.63) is 0 Å². The lowest BCUT2D eigenvalue weighted by Crippen LogP contribution is -2.35. The fourth-order valence-electron chi connectivity index (χ4n) is 2.00. The molecule has 0 rings (SSSR count). The van der Waals surface area contributed by atoms with Crippen molar-refractivity contribution in [1.82, 2.24) is 0 Å². The Morgan fingerprint density at radius 3 is 1.80 bits per heavy atom. The molecule has 0 saturated carbocycles. The van der Waals surface area contributed by atoms with E-state index in [1.165, 1.54) is 7.11 Å². The van der Waals surface area contributed by atoms with Crippen LogP contribution in [0.25, 0.3) is 0 Å². The molecule has 0 aromatic heterocycles. The van der Waals surface area contributed by atoms with Crippen LogP contribution < -0.4 is 0 Å². The van der Waals surface area contributed by atoms with Crippen LogP contribution in [0.1, 0.15) is 40.0 Å². The highest BCUT2D eigenvalue weighted by molar-refractivity contribution is 5.95. The lowest BCUT2D eigenvalue weighted by Gasteiger charge is -2.22. The van der Waals surface area contributed by atoms with Crippen LogP contribution in [0.3, 0.4) is 0 Å². The van der Waals surface area contributed by atoms with E-state index in [4.69, 9.17) is 9.47 Å². The van der Waals surface area contributed by atoms with Crippen molar-refractivity contribution in [1.29, 1.82) is 0 Å². The molecule has 0 unspecified atom stereocenters. The largest absolute Gasteiger partial charge is 0.469 e. The van der Waals surface area contributed by atoms with Gasteiger partial charge in [0.1, 0.15) is 0 Å². The molecule has 0 N–H and O–H groups in total. The van der Waals surface area contributed by atoms with Gasteiger partial charge in [-0.1, -0.05) is 13.3 Å². The Morgan fingerprint density at radius 1 is 0.950 bits per heavy atom. The molecule has 0 spiro atoms. The summed E-state index contributed by atoms with van der Waals surface area (Å²) < 4.78 is 14.5. The highest BCUT2D eigenvalue weighted by Gasteiger charge is 2.38. The molecule has 20 heavy (non-hydrogen) atoms. The summed E-state index contributed by atoms with van der Waals surface area (Å²) in [6.07, 6.45) is 1.26. The van der Waals surface area contributed by atoms with E-state index in [1.807, 2.05) is 6.92 Å². The zero-order valence-corrected chi connectivity index (χ0v) is 12.6. The summed E-state index contributed by atoms with van der Waals surface area (Å²) in [6.45, 7) is 5.58. The van der Waals surface area contributed by atoms with Crippen LogP contribution in [0.2, 0.25) is 0 Å². The highest BCUT2D eigenvalue weighted by Crippen LogP contribution is 2.25. The fourth-order valence-corrected chi connectivity index (χ4v) is 2.00. The first kappa shape index (κ1) is 18.4. The zero-order chi connectivity index (χ0) is 15.5. The second kappa shape index (κ2) is 10.2. The third-order valence-electron chi connectivity index (χ3n) is 2.87. The van der Waals surface area contributed by atoms with Gasteiger partial charge >= 0.3 is 17.9 Å². The molecule has 6 heteroatoms. The number of carbonyl (C=O) groups excluding carboxylic acids is 3. The van der Waals surface area contributed by atoms with Crippen LogP contribution >= 0.6 is 0 Å². The quantitative estimate of drug-likeness (QED) is 0.365. The van der Waals surface area contributed by atoms with Crippen molar-refractivity contribution >= 4 is 17.9 Å². The first-order valence-electron chi connectivity index (χ1n) is 6.91. The molecule has 0 bridgehead atoms. The summed E-state index contributed by atoms with van der Waals surface area (Å²) >= 11 is 0. The molecule has 0 fully saturated rings. The molecule has 0 aliphatic rings. The molecule has 0 radical (unpaired) electrons.